The van der Waals surface area contributed by atoms with Crippen LogP contribution in [0.1, 0.15) is 34.1 Å². The molecule has 1 atom stereocenters. The molecule has 0 saturated carbocycles. The lowest BCUT2D eigenvalue weighted by Crippen LogP contribution is -2.43. The van der Waals surface area contributed by atoms with E-state index >= 15 is 0 Å². The van der Waals surface area contributed by atoms with Gasteiger partial charge in [0.1, 0.15) is 0 Å². The number of hydrogen-bond acceptors (Lipinski definition) is 2. The predicted octanol–water partition coefficient (Wildman–Crippen LogP) is 1.70. The normalized spacial score (nSPS) is 14.1. The lowest BCUT2D eigenvalue weighted by Gasteiger charge is -2.28. The van der Waals surface area contributed by atoms with Gasteiger partial charge < -0.3 is 0 Å². The lowest BCUT2D eigenvalue weighted by atomic mass is 9.86. The molecule has 0 spiro atoms. The van der Waals surface area contributed by atoms with Crippen LogP contribution in [0.3, 0.4) is 0 Å². The first-order chi connectivity index (χ1) is 4.02. The predicted molar refractivity (Wildman–Crippen MR) is 48.1 cm³/mol. The van der Waals surface area contributed by atoms with E-state index in [4.69, 9.17) is 5.84 Å². The van der Waals surface area contributed by atoms with Gasteiger partial charge in [-0.05, 0) is 11.8 Å². The summed E-state index contributed by atoms with van der Waals surface area (Å²) >= 11 is 0. The van der Waals surface area contributed by atoms with Gasteiger partial charge in [0.15, 0.2) is 0 Å². The Morgan fingerprint density at radius 1 is 1.40 bits per heavy atom. The minimum atomic E-state index is 0. The number of hydrazine groups is 1. The highest BCUT2D eigenvalue weighted by molar-refractivity contribution is 5.85. The minimum absolute atomic E-state index is 0. The van der Waals surface area contributed by atoms with Gasteiger partial charge in [0.2, 0.25) is 0 Å². The van der Waals surface area contributed by atoms with E-state index in [1.165, 1.54) is 0 Å². The monoisotopic (exact) mass is 166 g/mol. The maximum absolute atomic E-state index is 5.32. The van der Waals surface area contributed by atoms with Gasteiger partial charge in [-0.2, -0.15) is 0 Å². The summed E-state index contributed by atoms with van der Waals surface area (Å²) in [5.41, 5.74) is 3.07. The molecule has 0 rings (SSSR count). The zero-order valence-electron chi connectivity index (χ0n) is 7.27. The fraction of sp³-hybridized carbons (Fsp3) is 1.00. The fourth-order valence-corrected chi connectivity index (χ4v) is 0.980. The van der Waals surface area contributed by atoms with Crippen LogP contribution in [0.25, 0.3) is 0 Å². The fourth-order valence-electron chi connectivity index (χ4n) is 0.980. The van der Waals surface area contributed by atoms with E-state index in [0.717, 1.165) is 6.42 Å². The van der Waals surface area contributed by atoms with Crippen molar-refractivity contribution >= 4 is 12.4 Å². The summed E-state index contributed by atoms with van der Waals surface area (Å²) in [6.45, 7) is 8.68. The van der Waals surface area contributed by atoms with Gasteiger partial charge in [-0.25, -0.2) is 0 Å². The highest BCUT2D eigenvalue weighted by Gasteiger charge is 2.20. The van der Waals surface area contributed by atoms with E-state index < -0.39 is 0 Å². The van der Waals surface area contributed by atoms with Gasteiger partial charge in [0, 0.05) is 6.04 Å². The molecular weight excluding hydrogens is 148 g/mol. The topological polar surface area (TPSA) is 38.0 Å². The van der Waals surface area contributed by atoms with E-state index in [1.54, 1.807) is 0 Å². The number of halogens is 1. The van der Waals surface area contributed by atoms with E-state index in [2.05, 4.69) is 33.1 Å². The lowest BCUT2D eigenvalue weighted by molar-refractivity contribution is 0.264. The Labute approximate surface area is 69.9 Å². The molecule has 3 N–H and O–H groups in total. The van der Waals surface area contributed by atoms with Crippen molar-refractivity contribution in [2.75, 3.05) is 0 Å². The molecule has 0 heterocycles. The zero-order chi connectivity index (χ0) is 7.49. The van der Waals surface area contributed by atoms with Crippen molar-refractivity contribution in [2.45, 2.75) is 40.2 Å². The first kappa shape index (κ1) is 12.8. The zero-order valence-corrected chi connectivity index (χ0v) is 8.09. The molecule has 0 aromatic carbocycles. The summed E-state index contributed by atoms with van der Waals surface area (Å²) in [7, 11) is 0. The molecule has 10 heavy (non-hydrogen) atoms. The summed E-state index contributed by atoms with van der Waals surface area (Å²) in [6.07, 6.45) is 1.08. The van der Waals surface area contributed by atoms with E-state index in [0.29, 0.717) is 6.04 Å². The quantitative estimate of drug-likeness (QED) is 0.484. The van der Waals surface area contributed by atoms with Gasteiger partial charge >= 0.3 is 0 Å². The molecule has 0 amide bonds. The van der Waals surface area contributed by atoms with Crippen LogP contribution < -0.4 is 11.3 Å². The standard InChI is InChI=1S/C7H18N2.ClH/c1-5-6(9-8)7(2,3)4;/h6,9H,5,8H2,1-4H3;1H. The average molecular weight is 167 g/mol. The van der Waals surface area contributed by atoms with Gasteiger partial charge in [-0.1, -0.05) is 27.7 Å². The van der Waals surface area contributed by atoms with Crippen LogP contribution in [-0.2, 0) is 0 Å². The Morgan fingerprint density at radius 3 is 1.80 bits per heavy atom. The molecule has 2 nitrogen and oxygen atoms in total. The molecule has 1 unspecified atom stereocenters. The Morgan fingerprint density at radius 2 is 1.80 bits per heavy atom. The number of nitrogens with two attached hydrogens (primary N) is 1. The SMILES string of the molecule is CCC(NN)C(C)(C)C.Cl. The van der Waals surface area contributed by atoms with Crippen molar-refractivity contribution in [3.63, 3.8) is 0 Å². The van der Waals surface area contributed by atoms with Crippen molar-refractivity contribution < 1.29 is 0 Å². The molecule has 0 aromatic rings. The second-order valence-electron chi connectivity index (χ2n) is 3.49. The molecule has 0 aliphatic carbocycles. The Kier molecular flexibility index (Phi) is 6.35. The van der Waals surface area contributed by atoms with Crippen LogP contribution in [0.5, 0.6) is 0 Å². The third-order valence-corrected chi connectivity index (χ3v) is 1.65. The molecule has 0 radical (unpaired) electrons. The highest BCUT2D eigenvalue weighted by atomic mass is 35.5. The van der Waals surface area contributed by atoms with Crippen LogP contribution in [0.2, 0.25) is 0 Å². The summed E-state index contributed by atoms with van der Waals surface area (Å²) in [4.78, 5) is 0. The first-order valence-electron chi connectivity index (χ1n) is 3.48. The molecule has 0 fully saturated rings. The van der Waals surface area contributed by atoms with E-state index in [1.807, 2.05) is 0 Å². The average Bonchev–Trinajstić information content (AvgIpc) is 1.65. The van der Waals surface area contributed by atoms with Crippen LogP contribution in [0.4, 0.5) is 0 Å². The van der Waals surface area contributed by atoms with E-state index in [9.17, 15) is 0 Å². The van der Waals surface area contributed by atoms with Crippen LogP contribution >= 0.6 is 12.4 Å². The second kappa shape index (κ2) is 4.94. The van der Waals surface area contributed by atoms with Gasteiger partial charge in [-0.15, -0.1) is 12.4 Å². The smallest absolute Gasteiger partial charge is 0.0256 e. The largest absolute Gasteiger partial charge is 0.271 e. The summed E-state index contributed by atoms with van der Waals surface area (Å²) in [6, 6.07) is 0.428. The Balaban J connectivity index is 0. The third-order valence-electron chi connectivity index (χ3n) is 1.65. The van der Waals surface area contributed by atoms with Crippen LogP contribution in [0, 0.1) is 5.41 Å². The molecule has 0 aromatic heterocycles. The number of nitrogens with one attached hydrogen (secondary N) is 1. The van der Waals surface area contributed by atoms with Gasteiger partial charge in [0.05, 0.1) is 0 Å². The molecule has 0 saturated heterocycles. The first-order valence-corrected chi connectivity index (χ1v) is 3.48. The molecule has 0 bridgehead atoms. The number of hydrogen-bond donors (Lipinski definition) is 2. The van der Waals surface area contributed by atoms with Crippen LogP contribution in [-0.4, -0.2) is 6.04 Å². The second-order valence-corrected chi connectivity index (χ2v) is 3.49. The van der Waals surface area contributed by atoms with Crippen LogP contribution in [0.15, 0.2) is 0 Å². The van der Waals surface area contributed by atoms with Crippen molar-refractivity contribution in [3.05, 3.63) is 0 Å². The number of rotatable bonds is 2. The molecule has 0 aliphatic heterocycles. The van der Waals surface area contributed by atoms with Gasteiger partial charge in [0.25, 0.3) is 0 Å². The minimum Gasteiger partial charge on any atom is -0.271 e. The highest BCUT2D eigenvalue weighted by Crippen LogP contribution is 2.20. The third kappa shape index (κ3) is 4.09. The maximum Gasteiger partial charge on any atom is 0.0256 e. The Bertz CT molecular complexity index is 74.2. The van der Waals surface area contributed by atoms with Gasteiger partial charge in [-0.3, -0.25) is 11.3 Å². The van der Waals surface area contributed by atoms with Crippen molar-refractivity contribution in [1.29, 1.82) is 0 Å². The molecule has 64 valence electrons. The summed E-state index contributed by atoms with van der Waals surface area (Å²) < 4.78 is 0. The molecular formula is C7H19ClN2. The maximum atomic E-state index is 5.32. The summed E-state index contributed by atoms with van der Waals surface area (Å²) in [5.74, 6) is 5.32. The van der Waals surface area contributed by atoms with E-state index in [-0.39, 0.29) is 17.8 Å². The molecule has 0 aliphatic rings. The van der Waals surface area contributed by atoms with Crippen molar-refractivity contribution in [2.24, 2.45) is 11.3 Å². The van der Waals surface area contributed by atoms with Crippen molar-refractivity contribution in [1.82, 2.24) is 5.43 Å². The Hall–Kier alpha value is 0.210. The van der Waals surface area contributed by atoms with Crippen molar-refractivity contribution in [3.8, 4) is 0 Å². The summed E-state index contributed by atoms with van der Waals surface area (Å²) in [5, 5.41) is 0. The molecule has 3 heteroatoms.